The lowest BCUT2D eigenvalue weighted by atomic mass is 10.1. The van der Waals surface area contributed by atoms with Crippen LogP contribution >= 0.6 is 0 Å². The number of benzene rings is 1. The lowest BCUT2D eigenvalue weighted by Gasteiger charge is -2.36. The molecule has 1 aromatic rings. The van der Waals surface area contributed by atoms with E-state index in [1.54, 1.807) is 4.90 Å². The third kappa shape index (κ3) is 5.56. The van der Waals surface area contributed by atoms with Gasteiger partial charge < -0.3 is 25.0 Å². The number of carbonyl (C=O) groups excluding carboxylic acids is 3. The molecule has 0 bridgehead atoms. The number of hydrogen-bond acceptors (Lipinski definition) is 7. The summed E-state index contributed by atoms with van der Waals surface area (Å²) in [5.74, 6) is -0.108. The Kier molecular flexibility index (Phi) is 6.75. The zero-order chi connectivity index (χ0) is 23.6. The summed E-state index contributed by atoms with van der Waals surface area (Å²) in [7, 11) is -4.10. The average molecular weight is 481 g/mol. The van der Waals surface area contributed by atoms with Crippen LogP contribution in [0.5, 0.6) is 11.5 Å². The maximum atomic E-state index is 13.2. The number of primary amides is 1. The van der Waals surface area contributed by atoms with Crippen molar-refractivity contribution in [3.05, 3.63) is 18.2 Å². The van der Waals surface area contributed by atoms with Crippen molar-refractivity contribution in [2.24, 2.45) is 11.7 Å². The molecule has 1 aliphatic carbocycles. The van der Waals surface area contributed by atoms with Gasteiger partial charge in [0.25, 0.3) is 0 Å². The lowest BCUT2D eigenvalue weighted by molar-refractivity contribution is -0.141. The molecule has 0 aromatic heterocycles. The Morgan fingerprint density at radius 2 is 1.67 bits per heavy atom. The Labute approximate surface area is 192 Å². The molecule has 3 amide bonds. The van der Waals surface area contributed by atoms with Gasteiger partial charge in [0.1, 0.15) is 19.3 Å². The van der Waals surface area contributed by atoms with Crippen LogP contribution in [-0.4, -0.2) is 81.4 Å². The fourth-order valence-electron chi connectivity index (χ4n) is 3.92. The van der Waals surface area contributed by atoms with E-state index in [0.717, 1.165) is 12.8 Å². The summed E-state index contributed by atoms with van der Waals surface area (Å²) >= 11 is 0. The maximum absolute atomic E-state index is 13.2. The van der Waals surface area contributed by atoms with Crippen LogP contribution < -0.4 is 19.9 Å². The fourth-order valence-corrected chi connectivity index (χ4v) is 5.16. The van der Waals surface area contributed by atoms with E-state index in [1.165, 1.54) is 23.1 Å². The number of amides is 3. The van der Waals surface area contributed by atoms with Crippen LogP contribution in [0.25, 0.3) is 0 Å². The lowest BCUT2D eigenvalue weighted by Crippen LogP contribution is -2.56. The average Bonchev–Trinajstić information content (AvgIpc) is 3.66. The number of rotatable bonds is 8. The topological polar surface area (TPSA) is 148 Å². The van der Waals surface area contributed by atoms with Crippen LogP contribution in [0.4, 0.5) is 0 Å². The number of ether oxygens (including phenoxy) is 2. The highest BCUT2D eigenvalue weighted by molar-refractivity contribution is 7.89. The minimum Gasteiger partial charge on any atom is -0.486 e. The Balaban J connectivity index is 1.45. The van der Waals surface area contributed by atoms with Gasteiger partial charge >= 0.3 is 0 Å². The Bertz CT molecular complexity index is 1030. The first-order chi connectivity index (χ1) is 15.7. The van der Waals surface area contributed by atoms with Gasteiger partial charge in [-0.2, -0.15) is 4.72 Å². The molecular formula is C21H28N4O7S. The second-order valence-corrected chi connectivity index (χ2v) is 10.1. The maximum Gasteiger partial charge on any atom is 0.241 e. The standard InChI is InChI=1S/C21H28N4O7S/c22-19(26)6-4-16(21(28)25-9-7-24(8-10-25)20(27)14-1-2-14)23-33(29,30)15-3-5-17-18(13-15)32-12-11-31-17/h3,5,13-14,16,23H,1-2,4,6-12H2,(H2,22,26)/t16-/m1/s1. The third-order valence-electron chi connectivity index (χ3n) is 5.93. The van der Waals surface area contributed by atoms with Crippen molar-refractivity contribution in [2.45, 2.75) is 36.6 Å². The zero-order valence-electron chi connectivity index (χ0n) is 18.2. The first-order valence-corrected chi connectivity index (χ1v) is 12.5. The van der Waals surface area contributed by atoms with Crippen molar-refractivity contribution in [1.82, 2.24) is 14.5 Å². The van der Waals surface area contributed by atoms with E-state index < -0.39 is 27.9 Å². The first-order valence-electron chi connectivity index (χ1n) is 11.0. The van der Waals surface area contributed by atoms with Crippen LogP contribution in [0.15, 0.2) is 23.1 Å². The number of nitrogens with one attached hydrogen (secondary N) is 1. The molecule has 0 unspecified atom stereocenters. The highest BCUT2D eigenvalue weighted by Gasteiger charge is 2.37. The van der Waals surface area contributed by atoms with Crippen molar-refractivity contribution < 1.29 is 32.3 Å². The summed E-state index contributed by atoms with van der Waals surface area (Å²) in [6.45, 7) is 2.09. The van der Waals surface area contributed by atoms with Gasteiger partial charge in [0.15, 0.2) is 11.5 Å². The van der Waals surface area contributed by atoms with Crippen LogP contribution in [-0.2, 0) is 24.4 Å². The van der Waals surface area contributed by atoms with E-state index in [9.17, 15) is 22.8 Å². The van der Waals surface area contributed by atoms with E-state index in [2.05, 4.69) is 4.72 Å². The number of hydrogen-bond donors (Lipinski definition) is 2. The van der Waals surface area contributed by atoms with Crippen LogP contribution in [0.1, 0.15) is 25.7 Å². The van der Waals surface area contributed by atoms with Crippen molar-refractivity contribution in [3.63, 3.8) is 0 Å². The third-order valence-corrected chi connectivity index (χ3v) is 7.40. The number of fused-ring (bicyclic) bond motifs is 1. The molecule has 2 aliphatic heterocycles. The van der Waals surface area contributed by atoms with Crippen LogP contribution in [0.2, 0.25) is 0 Å². The Hall–Kier alpha value is -2.86. The normalized spacial score (nSPS) is 19.2. The number of piperazine rings is 1. The molecule has 2 heterocycles. The number of nitrogens with zero attached hydrogens (tertiary/aromatic N) is 2. The largest absolute Gasteiger partial charge is 0.486 e. The molecule has 11 nitrogen and oxygen atoms in total. The van der Waals surface area contributed by atoms with Gasteiger partial charge in [-0.1, -0.05) is 0 Å². The zero-order valence-corrected chi connectivity index (χ0v) is 19.0. The van der Waals surface area contributed by atoms with Gasteiger partial charge in [0.05, 0.1) is 4.90 Å². The summed E-state index contributed by atoms with van der Waals surface area (Å²) in [4.78, 5) is 40.0. The quantitative estimate of drug-likeness (QED) is 0.507. The van der Waals surface area contributed by atoms with E-state index in [0.29, 0.717) is 50.9 Å². The molecule has 0 spiro atoms. The summed E-state index contributed by atoms with van der Waals surface area (Å²) in [5.41, 5.74) is 5.24. The molecule has 1 saturated carbocycles. The summed E-state index contributed by atoms with van der Waals surface area (Å²) < 4.78 is 39.4. The molecule has 1 aromatic carbocycles. The molecule has 2 fully saturated rings. The first kappa shape index (κ1) is 23.3. The van der Waals surface area contributed by atoms with Gasteiger partial charge in [0, 0.05) is 44.6 Å². The predicted octanol–water partition coefficient (Wildman–Crippen LogP) is -0.549. The molecular weight excluding hydrogens is 452 g/mol. The molecule has 3 aliphatic rings. The van der Waals surface area contributed by atoms with E-state index in [4.69, 9.17) is 15.2 Å². The second-order valence-electron chi connectivity index (χ2n) is 8.41. The molecule has 3 N–H and O–H groups in total. The van der Waals surface area contributed by atoms with Crippen molar-refractivity contribution >= 4 is 27.7 Å². The number of carbonyl (C=O) groups is 3. The van der Waals surface area contributed by atoms with Crippen LogP contribution in [0.3, 0.4) is 0 Å². The van der Waals surface area contributed by atoms with Gasteiger partial charge in [0.2, 0.25) is 27.7 Å². The monoisotopic (exact) mass is 480 g/mol. The highest BCUT2D eigenvalue weighted by atomic mass is 32.2. The fraction of sp³-hybridized carbons (Fsp3) is 0.571. The van der Waals surface area contributed by atoms with Gasteiger partial charge in [-0.15, -0.1) is 0 Å². The SMILES string of the molecule is NC(=O)CC[C@@H](NS(=O)(=O)c1ccc2c(c1)OCCO2)C(=O)N1CCN(C(=O)C2CC2)CC1. The van der Waals surface area contributed by atoms with E-state index >= 15 is 0 Å². The molecule has 1 atom stereocenters. The number of sulfonamides is 1. The Morgan fingerprint density at radius 3 is 2.30 bits per heavy atom. The van der Waals surface area contributed by atoms with Crippen LogP contribution in [0, 0.1) is 5.92 Å². The van der Waals surface area contributed by atoms with Crippen molar-refractivity contribution in [3.8, 4) is 11.5 Å². The molecule has 12 heteroatoms. The molecule has 0 radical (unpaired) electrons. The smallest absolute Gasteiger partial charge is 0.241 e. The summed E-state index contributed by atoms with van der Waals surface area (Å²) in [6.07, 6.45) is 1.60. The predicted molar refractivity (Wildman–Crippen MR) is 116 cm³/mol. The Morgan fingerprint density at radius 1 is 1.03 bits per heavy atom. The van der Waals surface area contributed by atoms with Gasteiger partial charge in [-0.3, -0.25) is 14.4 Å². The minimum atomic E-state index is -4.10. The van der Waals surface area contributed by atoms with E-state index in [1.807, 2.05) is 0 Å². The van der Waals surface area contributed by atoms with Crippen molar-refractivity contribution in [2.75, 3.05) is 39.4 Å². The summed E-state index contributed by atoms with van der Waals surface area (Å²) in [5, 5.41) is 0. The highest BCUT2D eigenvalue weighted by Crippen LogP contribution is 2.33. The molecule has 4 rings (SSSR count). The molecule has 1 saturated heterocycles. The second kappa shape index (κ2) is 9.56. The summed E-state index contributed by atoms with van der Waals surface area (Å²) in [6, 6.07) is 3.04. The molecule has 180 valence electrons. The minimum absolute atomic E-state index is 0.0703. The van der Waals surface area contributed by atoms with Gasteiger partial charge in [-0.05, 0) is 31.4 Å². The van der Waals surface area contributed by atoms with Crippen molar-refractivity contribution in [1.29, 1.82) is 0 Å². The number of nitrogens with two attached hydrogens (primary N) is 1. The molecule has 33 heavy (non-hydrogen) atoms. The van der Waals surface area contributed by atoms with Gasteiger partial charge in [-0.25, -0.2) is 8.42 Å². The van der Waals surface area contributed by atoms with E-state index in [-0.39, 0.29) is 29.6 Å².